The number of hydrogen-bond donors (Lipinski definition) is 2. The molecule has 4 nitrogen and oxygen atoms in total. The number of carboxylic acids is 1. The Bertz CT molecular complexity index is 301. The molecule has 3 atom stereocenters. The van der Waals surface area contributed by atoms with E-state index >= 15 is 0 Å². The third kappa shape index (κ3) is 2.69. The summed E-state index contributed by atoms with van der Waals surface area (Å²) in [6, 6.07) is 0.600. The number of carboxylic acid groups (broad SMARTS) is 1. The second kappa shape index (κ2) is 5.57. The van der Waals surface area contributed by atoms with Gasteiger partial charge >= 0.3 is 5.97 Å². The molecule has 2 aliphatic rings. The lowest BCUT2D eigenvalue weighted by Gasteiger charge is -2.44. The Kier molecular flexibility index (Phi) is 4.28. The number of hydrogen-bond acceptors (Lipinski definition) is 3. The van der Waals surface area contributed by atoms with Gasteiger partial charge in [0.05, 0.1) is 11.5 Å². The predicted octanol–water partition coefficient (Wildman–Crippen LogP) is 2.18. The Morgan fingerprint density at radius 3 is 2.56 bits per heavy atom. The van der Waals surface area contributed by atoms with Crippen LogP contribution in [-0.4, -0.2) is 35.4 Å². The molecule has 2 rings (SSSR count). The highest BCUT2D eigenvalue weighted by atomic mass is 16.5. The van der Waals surface area contributed by atoms with Gasteiger partial charge in [-0.1, -0.05) is 13.8 Å². The SMILES string of the molecule is CCC1(CC)CC(NC2CCC2C(=O)O)CCO1. The van der Waals surface area contributed by atoms with E-state index in [9.17, 15) is 4.79 Å². The third-order valence-corrected chi connectivity index (χ3v) is 4.82. The van der Waals surface area contributed by atoms with Crippen molar-refractivity contribution < 1.29 is 14.6 Å². The average Bonchev–Trinajstić information content (AvgIpc) is 2.34. The average molecular weight is 255 g/mol. The molecule has 2 N–H and O–H groups in total. The van der Waals surface area contributed by atoms with Gasteiger partial charge in [0, 0.05) is 18.7 Å². The molecule has 18 heavy (non-hydrogen) atoms. The van der Waals surface area contributed by atoms with Gasteiger partial charge in [-0.15, -0.1) is 0 Å². The van der Waals surface area contributed by atoms with E-state index in [1.807, 2.05) is 0 Å². The summed E-state index contributed by atoms with van der Waals surface area (Å²) in [6.07, 6.45) is 5.92. The van der Waals surface area contributed by atoms with E-state index in [1.165, 1.54) is 0 Å². The first kappa shape index (κ1) is 13.8. The van der Waals surface area contributed by atoms with Crippen LogP contribution in [0.5, 0.6) is 0 Å². The molecule has 1 aliphatic carbocycles. The van der Waals surface area contributed by atoms with Crippen LogP contribution in [0.4, 0.5) is 0 Å². The number of carbonyl (C=O) groups is 1. The van der Waals surface area contributed by atoms with Gasteiger partial charge < -0.3 is 15.2 Å². The molecule has 0 aromatic heterocycles. The van der Waals surface area contributed by atoms with E-state index in [2.05, 4.69) is 19.2 Å². The van der Waals surface area contributed by atoms with Crippen molar-refractivity contribution in [3.05, 3.63) is 0 Å². The summed E-state index contributed by atoms with van der Waals surface area (Å²) in [5.41, 5.74) is 0.0123. The maximum atomic E-state index is 11.0. The number of rotatable bonds is 5. The third-order valence-electron chi connectivity index (χ3n) is 4.82. The van der Waals surface area contributed by atoms with E-state index in [1.54, 1.807) is 0 Å². The van der Waals surface area contributed by atoms with Crippen LogP contribution in [0.2, 0.25) is 0 Å². The normalized spacial score (nSPS) is 34.9. The predicted molar refractivity (Wildman–Crippen MR) is 69.6 cm³/mol. The van der Waals surface area contributed by atoms with Crippen molar-refractivity contribution in [1.82, 2.24) is 5.32 Å². The summed E-state index contributed by atoms with van der Waals surface area (Å²) in [7, 11) is 0. The minimum atomic E-state index is -0.650. The molecule has 104 valence electrons. The first-order valence-corrected chi connectivity index (χ1v) is 7.23. The zero-order valence-electron chi connectivity index (χ0n) is 11.4. The first-order valence-electron chi connectivity index (χ1n) is 7.23. The standard InChI is InChI=1S/C14H25NO3/c1-3-14(4-2)9-10(7-8-18-14)15-12-6-5-11(12)13(16)17/h10-12,15H,3-9H2,1-2H3,(H,16,17). The smallest absolute Gasteiger partial charge is 0.308 e. The van der Waals surface area contributed by atoms with Crippen LogP contribution in [0.15, 0.2) is 0 Å². The lowest BCUT2D eigenvalue weighted by atomic mass is 9.78. The van der Waals surface area contributed by atoms with Crippen molar-refractivity contribution in [3.8, 4) is 0 Å². The van der Waals surface area contributed by atoms with E-state index < -0.39 is 5.97 Å². The molecule has 0 bridgehead atoms. The van der Waals surface area contributed by atoms with Gasteiger partial charge in [-0.05, 0) is 38.5 Å². The second-order valence-electron chi connectivity index (χ2n) is 5.72. The highest BCUT2D eigenvalue weighted by Crippen LogP contribution is 2.34. The topological polar surface area (TPSA) is 58.6 Å². The van der Waals surface area contributed by atoms with E-state index in [0.717, 1.165) is 45.1 Å². The van der Waals surface area contributed by atoms with Gasteiger partial charge in [0.15, 0.2) is 0 Å². The van der Waals surface area contributed by atoms with Crippen LogP contribution in [0.1, 0.15) is 52.4 Å². The van der Waals surface area contributed by atoms with Crippen molar-refractivity contribution in [1.29, 1.82) is 0 Å². The van der Waals surface area contributed by atoms with Gasteiger partial charge in [0.25, 0.3) is 0 Å². The van der Waals surface area contributed by atoms with E-state index in [4.69, 9.17) is 9.84 Å². The van der Waals surface area contributed by atoms with Crippen molar-refractivity contribution in [2.45, 2.75) is 70.1 Å². The van der Waals surface area contributed by atoms with Crippen LogP contribution < -0.4 is 5.32 Å². The van der Waals surface area contributed by atoms with Gasteiger partial charge in [0.2, 0.25) is 0 Å². The lowest BCUT2D eigenvalue weighted by Crippen LogP contribution is -2.55. The van der Waals surface area contributed by atoms with Crippen molar-refractivity contribution in [2.75, 3.05) is 6.61 Å². The molecule has 0 spiro atoms. The van der Waals surface area contributed by atoms with Crippen molar-refractivity contribution in [2.24, 2.45) is 5.92 Å². The summed E-state index contributed by atoms with van der Waals surface area (Å²) in [6.45, 7) is 5.15. The Labute approximate surface area is 109 Å². The summed E-state index contributed by atoms with van der Waals surface area (Å²) in [5.74, 6) is -0.825. The minimum Gasteiger partial charge on any atom is -0.481 e. The molecule has 2 fully saturated rings. The van der Waals surface area contributed by atoms with Gasteiger partial charge in [-0.2, -0.15) is 0 Å². The summed E-state index contributed by atoms with van der Waals surface area (Å²) >= 11 is 0. The van der Waals surface area contributed by atoms with Gasteiger partial charge in [0.1, 0.15) is 0 Å². The van der Waals surface area contributed by atoms with E-state index in [-0.39, 0.29) is 17.6 Å². The van der Waals surface area contributed by atoms with Crippen LogP contribution in [0.25, 0.3) is 0 Å². The molecule has 0 aromatic rings. The maximum Gasteiger partial charge on any atom is 0.308 e. The highest BCUT2D eigenvalue weighted by molar-refractivity contribution is 5.72. The Morgan fingerprint density at radius 2 is 2.06 bits per heavy atom. The molecule has 3 unspecified atom stereocenters. The van der Waals surface area contributed by atoms with Crippen molar-refractivity contribution in [3.63, 3.8) is 0 Å². The van der Waals surface area contributed by atoms with Gasteiger partial charge in [-0.3, -0.25) is 4.79 Å². The first-order chi connectivity index (χ1) is 8.60. The molecule has 1 saturated heterocycles. The van der Waals surface area contributed by atoms with Crippen LogP contribution >= 0.6 is 0 Å². The van der Waals surface area contributed by atoms with Crippen LogP contribution in [0.3, 0.4) is 0 Å². The molecule has 4 heteroatoms. The minimum absolute atomic E-state index is 0.0123. The highest BCUT2D eigenvalue weighted by Gasteiger charge is 2.40. The molecular formula is C14H25NO3. The largest absolute Gasteiger partial charge is 0.481 e. The molecule has 0 radical (unpaired) electrons. The zero-order valence-corrected chi connectivity index (χ0v) is 11.4. The second-order valence-corrected chi connectivity index (χ2v) is 5.72. The fourth-order valence-corrected chi connectivity index (χ4v) is 3.21. The summed E-state index contributed by atoms with van der Waals surface area (Å²) in [5, 5.41) is 12.6. The summed E-state index contributed by atoms with van der Waals surface area (Å²) < 4.78 is 5.95. The fourth-order valence-electron chi connectivity index (χ4n) is 3.21. The number of nitrogens with one attached hydrogen (secondary N) is 1. The zero-order chi connectivity index (χ0) is 13.2. The fraction of sp³-hybridized carbons (Fsp3) is 0.929. The Balaban J connectivity index is 1.88. The number of aliphatic carboxylic acids is 1. The molecule has 0 aromatic carbocycles. The maximum absolute atomic E-state index is 11.0. The Morgan fingerprint density at radius 1 is 1.33 bits per heavy atom. The quantitative estimate of drug-likeness (QED) is 0.790. The lowest BCUT2D eigenvalue weighted by molar-refractivity contribution is -0.146. The van der Waals surface area contributed by atoms with Crippen LogP contribution in [0, 0.1) is 5.92 Å². The van der Waals surface area contributed by atoms with Crippen LogP contribution in [-0.2, 0) is 9.53 Å². The molecule has 1 heterocycles. The van der Waals surface area contributed by atoms with E-state index in [0.29, 0.717) is 6.04 Å². The van der Waals surface area contributed by atoms with Gasteiger partial charge in [-0.25, -0.2) is 0 Å². The molecule has 1 saturated carbocycles. The molecule has 1 aliphatic heterocycles. The Hall–Kier alpha value is -0.610. The summed E-state index contributed by atoms with van der Waals surface area (Å²) in [4.78, 5) is 11.0. The molecule has 0 amide bonds. The monoisotopic (exact) mass is 255 g/mol. The molecular weight excluding hydrogens is 230 g/mol. The number of ether oxygens (including phenoxy) is 1. The van der Waals surface area contributed by atoms with Crippen molar-refractivity contribution >= 4 is 5.97 Å².